The summed E-state index contributed by atoms with van der Waals surface area (Å²) in [6.45, 7) is 0. The van der Waals surface area contributed by atoms with Crippen molar-refractivity contribution in [3.63, 3.8) is 0 Å². The predicted octanol–water partition coefficient (Wildman–Crippen LogP) is 4.54. The van der Waals surface area contributed by atoms with Crippen LogP contribution in [0.5, 0.6) is 0 Å². The standard InChI is InChI=1S/C22H22ClN5O2S/c23-18-8-4-3-7-17(18)21-26-27-22(28(21)16-5-1-2-6-16)31-13-19(29)25-15-11-9-14(10-12-15)20(24)30/h3-4,7-12,16H,1-2,5-6,13H2,(H2,24,30)(H,25,29). The molecule has 4 rings (SSSR count). The first-order valence-electron chi connectivity index (χ1n) is 10.1. The minimum atomic E-state index is -0.506. The van der Waals surface area contributed by atoms with Crippen LogP contribution in [0.2, 0.25) is 5.02 Å². The van der Waals surface area contributed by atoms with Crippen molar-refractivity contribution in [1.29, 1.82) is 0 Å². The Morgan fingerprint density at radius 3 is 2.48 bits per heavy atom. The third kappa shape index (κ3) is 4.91. The van der Waals surface area contributed by atoms with Crippen LogP contribution in [0.4, 0.5) is 5.69 Å². The molecular weight excluding hydrogens is 434 g/mol. The molecule has 0 spiro atoms. The number of thioether (sulfide) groups is 1. The summed E-state index contributed by atoms with van der Waals surface area (Å²) in [5.41, 5.74) is 7.08. The van der Waals surface area contributed by atoms with Crippen molar-refractivity contribution >= 4 is 40.9 Å². The molecule has 160 valence electrons. The van der Waals surface area contributed by atoms with Crippen LogP contribution in [0.25, 0.3) is 11.4 Å². The van der Waals surface area contributed by atoms with E-state index in [2.05, 4.69) is 20.1 Å². The van der Waals surface area contributed by atoms with Gasteiger partial charge in [0.2, 0.25) is 11.8 Å². The average molecular weight is 456 g/mol. The van der Waals surface area contributed by atoms with Gasteiger partial charge in [-0.1, -0.05) is 48.3 Å². The third-order valence-electron chi connectivity index (χ3n) is 5.25. The summed E-state index contributed by atoms with van der Waals surface area (Å²) in [6.07, 6.45) is 4.44. The Kier molecular flexibility index (Phi) is 6.58. The smallest absolute Gasteiger partial charge is 0.248 e. The van der Waals surface area contributed by atoms with E-state index < -0.39 is 5.91 Å². The molecule has 3 N–H and O–H groups in total. The van der Waals surface area contributed by atoms with Gasteiger partial charge in [-0.2, -0.15) is 0 Å². The van der Waals surface area contributed by atoms with Gasteiger partial charge in [0.25, 0.3) is 0 Å². The maximum atomic E-state index is 12.5. The SMILES string of the molecule is NC(=O)c1ccc(NC(=O)CSc2nnc(-c3ccccc3Cl)n2C2CCCC2)cc1. The molecule has 0 aliphatic heterocycles. The molecule has 0 unspecified atom stereocenters. The highest BCUT2D eigenvalue weighted by atomic mass is 35.5. The second kappa shape index (κ2) is 9.53. The lowest BCUT2D eigenvalue weighted by Gasteiger charge is -2.17. The lowest BCUT2D eigenvalue weighted by atomic mass is 10.2. The first-order valence-corrected chi connectivity index (χ1v) is 11.4. The molecule has 9 heteroatoms. The third-order valence-corrected chi connectivity index (χ3v) is 6.53. The molecule has 0 saturated heterocycles. The number of anilines is 1. The molecule has 31 heavy (non-hydrogen) atoms. The Balaban J connectivity index is 1.49. The van der Waals surface area contributed by atoms with E-state index >= 15 is 0 Å². The van der Waals surface area contributed by atoms with Crippen LogP contribution in [0, 0.1) is 0 Å². The first kappa shape index (κ1) is 21.4. The lowest BCUT2D eigenvalue weighted by molar-refractivity contribution is -0.113. The molecule has 1 aliphatic rings. The zero-order chi connectivity index (χ0) is 21.8. The highest BCUT2D eigenvalue weighted by Crippen LogP contribution is 2.38. The molecule has 1 aliphatic carbocycles. The van der Waals surface area contributed by atoms with E-state index in [9.17, 15) is 9.59 Å². The fourth-order valence-electron chi connectivity index (χ4n) is 3.74. The molecule has 3 aromatic rings. The Labute approximate surface area is 189 Å². The lowest BCUT2D eigenvalue weighted by Crippen LogP contribution is -2.16. The number of hydrogen-bond acceptors (Lipinski definition) is 5. The molecule has 0 bridgehead atoms. The van der Waals surface area contributed by atoms with Crippen molar-refractivity contribution in [3.8, 4) is 11.4 Å². The maximum Gasteiger partial charge on any atom is 0.248 e. The van der Waals surface area contributed by atoms with Gasteiger partial charge in [0, 0.05) is 22.9 Å². The normalized spacial score (nSPS) is 14.0. The van der Waals surface area contributed by atoms with Crippen LogP contribution in [0.15, 0.2) is 53.7 Å². The minimum absolute atomic E-state index is 0.169. The number of carbonyl (C=O) groups excluding carboxylic acids is 2. The number of hydrogen-bond donors (Lipinski definition) is 2. The van der Waals surface area contributed by atoms with Crippen molar-refractivity contribution < 1.29 is 9.59 Å². The van der Waals surface area contributed by atoms with Gasteiger partial charge in [-0.15, -0.1) is 10.2 Å². The zero-order valence-electron chi connectivity index (χ0n) is 16.8. The van der Waals surface area contributed by atoms with Gasteiger partial charge >= 0.3 is 0 Å². The molecule has 0 atom stereocenters. The van der Waals surface area contributed by atoms with Crippen LogP contribution in [-0.2, 0) is 4.79 Å². The van der Waals surface area contributed by atoms with Crippen LogP contribution in [-0.4, -0.2) is 32.3 Å². The van der Waals surface area contributed by atoms with Crippen molar-refractivity contribution in [1.82, 2.24) is 14.8 Å². The number of primary amides is 1. The highest BCUT2D eigenvalue weighted by Gasteiger charge is 2.26. The second-order valence-electron chi connectivity index (χ2n) is 7.37. The quantitative estimate of drug-likeness (QED) is 0.509. The molecule has 2 amide bonds. The van der Waals surface area contributed by atoms with E-state index in [4.69, 9.17) is 17.3 Å². The number of rotatable bonds is 7. The summed E-state index contributed by atoms with van der Waals surface area (Å²) in [4.78, 5) is 23.6. The summed E-state index contributed by atoms with van der Waals surface area (Å²) in [5.74, 6) is 0.249. The number of benzene rings is 2. The van der Waals surface area contributed by atoms with E-state index in [-0.39, 0.29) is 11.7 Å². The Bertz CT molecular complexity index is 1090. The van der Waals surface area contributed by atoms with Gasteiger partial charge in [0.1, 0.15) is 0 Å². The van der Waals surface area contributed by atoms with Gasteiger partial charge in [0.05, 0.1) is 10.8 Å². The molecule has 1 aromatic heterocycles. The molecule has 1 saturated carbocycles. The van der Waals surface area contributed by atoms with Gasteiger partial charge in [-0.25, -0.2) is 0 Å². The fraction of sp³-hybridized carbons (Fsp3) is 0.273. The van der Waals surface area contributed by atoms with Gasteiger partial charge in [-0.05, 0) is 49.2 Å². The number of carbonyl (C=O) groups is 2. The number of amides is 2. The van der Waals surface area contributed by atoms with E-state index in [1.807, 2.05) is 24.3 Å². The minimum Gasteiger partial charge on any atom is -0.366 e. The number of nitrogens with one attached hydrogen (secondary N) is 1. The van der Waals surface area contributed by atoms with Crippen LogP contribution >= 0.6 is 23.4 Å². The highest BCUT2D eigenvalue weighted by molar-refractivity contribution is 7.99. The Hall–Kier alpha value is -2.84. The molecule has 1 fully saturated rings. The number of nitrogens with two attached hydrogens (primary N) is 1. The monoisotopic (exact) mass is 455 g/mol. The summed E-state index contributed by atoms with van der Waals surface area (Å²) in [6, 6.07) is 14.4. The number of nitrogens with zero attached hydrogens (tertiary/aromatic N) is 3. The average Bonchev–Trinajstić information content (AvgIpc) is 3.42. The fourth-order valence-corrected chi connectivity index (χ4v) is 4.76. The molecule has 0 radical (unpaired) electrons. The van der Waals surface area contributed by atoms with E-state index in [0.717, 1.165) is 37.1 Å². The van der Waals surface area contributed by atoms with Crippen molar-refractivity contribution in [2.45, 2.75) is 36.9 Å². The predicted molar refractivity (Wildman–Crippen MR) is 122 cm³/mol. The maximum absolute atomic E-state index is 12.5. The largest absolute Gasteiger partial charge is 0.366 e. The number of aromatic nitrogens is 3. The molecule has 2 aromatic carbocycles. The van der Waals surface area contributed by atoms with E-state index in [1.54, 1.807) is 24.3 Å². The summed E-state index contributed by atoms with van der Waals surface area (Å²) in [7, 11) is 0. The van der Waals surface area contributed by atoms with Gasteiger partial charge in [0.15, 0.2) is 11.0 Å². The van der Waals surface area contributed by atoms with Gasteiger partial charge < -0.3 is 11.1 Å². The van der Waals surface area contributed by atoms with Crippen LogP contribution in [0.1, 0.15) is 42.1 Å². The Morgan fingerprint density at radius 2 is 1.81 bits per heavy atom. The first-order chi connectivity index (χ1) is 15.0. The van der Waals surface area contributed by atoms with Crippen molar-refractivity contribution in [2.75, 3.05) is 11.1 Å². The van der Waals surface area contributed by atoms with Crippen LogP contribution in [0.3, 0.4) is 0 Å². The summed E-state index contributed by atoms with van der Waals surface area (Å²) in [5, 5.41) is 12.9. The topological polar surface area (TPSA) is 103 Å². The molecular formula is C22H22ClN5O2S. The summed E-state index contributed by atoms with van der Waals surface area (Å²) >= 11 is 7.76. The van der Waals surface area contributed by atoms with Crippen molar-refractivity contribution in [2.24, 2.45) is 5.73 Å². The second-order valence-corrected chi connectivity index (χ2v) is 8.72. The van der Waals surface area contributed by atoms with E-state index in [1.165, 1.54) is 11.8 Å². The molecule has 1 heterocycles. The van der Waals surface area contributed by atoms with Crippen LogP contribution < -0.4 is 11.1 Å². The molecule has 7 nitrogen and oxygen atoms in total. The summed E-state index contributed by atoms with van der Waals surface area (Å²) < 4.78 is 2.13. The number of halogens is 1. The van der Waals surface area contributed by atoms with E-state index in [0.29, 0.717) is 27.5 Å². The van der Waals surface area contributed by atoms with Gasteiger partial charge in [-0.3, -0.25) is 14.2 Å². The Morgan fingerprint density at radius 1 is 1.10 bits per heavy atom. The van der Waals surface area contributed by atoms with Crippen molar-refractivity contribution in [3.05, 3.63) is 59.1 Å². The zero-order valence-corrected chi connectivity index (χ0v) is 18.3.